The second-order valence-electron chi connectivity index (χ2n) is 8.12. The fraction of sp³-hybridized carbons (Fsp3) is 0.522. The van der Waals surface area contributed by atoms with E-state index < -0.39 is 5.97 Å². The third kappa shape index (κ3) is 4.72. The SMILES string of the molecule is COC(=O)c1c(OCCN2CCCCC2)cc(=O)n2c1CCN(C(=O)c1ccoc1)CC2. The molecule has 9 nitrogen and oxygen atoms in total. The first-order valence-corrected chi connectivity index (χ1v) is 11.1. The van der Waals surface area contributed by atoms with Gasteiger partial charge in [0.05, 0.1) is 18.9 Å². The van der Waals surface area contributed by atoms with Gasteiger partial charge in [-0.05, 0) is 32.0 Å². The van der Waals surface area contributed by atoms with Gasteiger partial charge in [0.15, 0.2) is 0 Å². The van der Waals surface area contributed by atoms with E-state index in [1.807, 2.05) is 0 Å². The van der Waals surface area contributed by atoms with Gasteiger partial charge in [-0.2, -0.15) is 0 Å². The van der Waals surface area contributed by atoms with Crippen molar-refractivity contribution in [1.29, 1.82) is 0 Å². The number of hydrogen-bond acceptors (Lipinski definition) is 7. The molecule has 1 fully saturated rings. The maximum Gasteiger partial charge on any atom is 0.343 e. The average molecular weight is 444 g/mol. The zero-order valence-electron chi connectivity index (χ0n) is 18.4. The van der Waals surface area contributed by atoms with Gasteiger partial charge >= 0.3 is 5.97 Å². The molecule has 1 amide bonds. The van der Waals surface area contributed by atoms with Crippen molar-refractivity contribution < 1.29 is 23.5 Å². The zero-order valence-corrected chi connectivity index (χ0v) is 18.4. The zero-order chi connectivity index (χ0) is 22.5. The smallest absolute Gasteiger partial charge is 0.343 e. The topological polar surface area (TPSA) is 94.2 Å². The number of methoxy groups -OCH3 is 1. The quantitative estimate of drug-likeness (QED) is 0.628. The first-order chi connectivity index (χ1) is 15.6. The standard InChI is InChI=1S/C23H29N3O6/c1-30-23(29)21-18-5-9-25(22(28)17-6-13-31-16-17)10-11-26(18)20(27)15-19(21)32-14-12-24-7-3-2-4-8-24/h6,13,15-16H,2-5,7-12,14H2,1H3. The first-order valence-electron chi connectivity index (χ1n) is 11.1. The van der Waals surface area contributed by atoms with Gasteiger partial charge in [0.1, 0.15) is 24.2 Å². The summed E-state index contributed by atoms with van der Waals surface area (Å²) in [5.41, 5.74) is 1.01. The summed E-state index contributed by atoms with van der Waals surface area (Å²) in [4.78, 5) is 42.3. The number of carbonyl (C=O) groups is 2. The summed E-state index contributed by atoms with van der Waals surface area (Å²) in [5.74, 6) is -0.465. The molecular weight excluding hydrogens is 414 g/mol. The van der Waals surface area contributed by atoms with Crippen LogP contribution in [0, 0.1) is 0 Å². The molecule has 9 heteroatoms. The highest BCUT2D eigenvalue weighted by Crippen LogP contribution is 2.24. The molecule has 0 aliphatic carbocycles. The van der Waals surface area contributed by atoms with E-state index in [1.54, 1.807) is 15.5 Å². The number of rotatable bonds is 6. The Morgan fingerprint density at radius 3 is 2.62 bits per heavy atom. The number of hydrogen-bond donors (Lipinski definition) is 0. The van der Waals surface area contributed by atoms with Gasteiger partial charge in [-0.1, -0.05) is 6.42 Å². The Bertz CT molecular complexity index is 1010. The number of esters is 1. The monoisotopic (exact) mass is 443 g/mol. The minimum absolute atomic E-state index is 0.169. The number of aromatic nitrogens is 1. The van der Waals surface area contributed by atoms with Crippen LogP contribution in [-0.4, -0.2) is 72.7 Å². The Balaban J connectivity index is 1.55. The lowest BCUT2D eigenvalue weighted by atomic mass is 10.1. The Kier molecular flexibility index (Phi) is 6.94. The molecule has 0 atom stereocenters. The average Bonchev–Trinajstić information content (AvgIpc) is 3.26. The molecule has 2 aromatic rings. The Labute approximate surface area is 186 Å². The van der Waals surface area contributed by atoms with Gasteiger partial charge in [0.25, 0.3) is 11.5 Å². The van der Waals surface area contributed by atoms with E-state index in [1.165, 1.54) is 45.0 Å². The minimum Gasteiger partial charge on any atom is -0.491 e. The van der Waals surface area contributed by atoms with Crippen LogP contribution in [0.4, 0.5) is 0 Å². The molecule has 32 heavy (non-hydrogen) atoms. The van der Waals surface area contributed by atoms with Crippen LogP contribution >= 0.6 is 0 Å². The van der Waals surface area contributed by atoms with Crippen LogP contribution in [0.5, 0.6) is 5.75 Å². The van der Waals surface area contributed by atoms with Gasteiger partial charge in [-0.3, -0.25) is 14.5 Å². The van der Waals surface area contributed by atoms with Crippen LogP contribution in [0.1, 0.15) is 45.7 Å². The number of furan rings is 1. The fourth-order valence-electron chi connectivity index (χ4n) is 4.42. The number of likely N-dealkylation sites (tertiary alicyclic amines) is 1. The second-order valence-corrected chi connectivity index (χ2v) is 8.12. The first kappa shape index (κ1) is 22.1. The summed E-state index contributed by atoms with van der Waals surface area (Å²) in [5, 5.41) is 0. The number of amides is 1. The third-order valence-electron chi connectivity index (χ3n) is 6.15. The summed E-state index contributed by atoms with van der Waals surface area (Å²) in [7, 11) is 1.31. The molecule has 2 aromatic heterocycles. The molecule has 4 heterocycles. The van der Waals surface area contributed by atoms with E-state index in [4.69, 9.17) is 13.9 Å². The van der Waals surface area contributed by atoms with Crippen LogP contribution < -0.4 is 10.3 Å². The van der Waals surface area contributed by atoms with Crippen molar-refractivity contribution >= 4 is 11.9 Å². The van der Waals surface area contributed by atoms with Crippen LogP contribution in [0.15, 0.2) is 33.9 Å². The molecule has 172 valence electrons. The number of nitrogens with zero attached hydrogens (tertiary/aromatic N) is 3. The van der Waals surface area contributed by atoms with Crippen molar-refractivity contribution in [2.75, 3.05) is 46.4 Å². The highest BCUT2D eigenvalue weighted by molar-refractivity contribution is 5.95. The fourth-order valence-corrected chi connectivity index (χ4v) is 4.42. The molecule has 0 saturated carbocycles. The van der Waals surface area contributed by atoms with Gasteiger partial charge in [0, 0.05) is 44.4 Å². The van der Waals surface area contributed by atoms with E-state index in [9.17, 15) is 14.4 Å². The molecule has 0 radical (unpaired) electrons. The van der Waals surface area contributed by atoms with Gasteiger partial charge < -0.3 is 23.4 Å². The summed E-state index contributed by atoms with van der Waals surface area (Å²) >= 11 is 0. The van der Waals surface area contributed by atoms with Crippen molar-refractivity contribution in [2.24, 2.45) is 0 Å². The van der Waals surface area contributed by atoms with Crippen LogP contribution in [0.3, 0.4) is 0 Å². The predicted octanol–water partition coefficient (Wildman–Crippen LogP) is 1.79. The van der Waals surface area contributed by atoms with E-state index in [0.29, 0.717) is 37.4 Å². The molecule has 0 bridgehead atoms. The maximum absolute atomic E-state index is 12.9. The Morgan fingerprint density at radius 2 is 1.91 bits per heavy atom. The molecule has 0 aromatic carbocycles. The molecule has 4 rings (SSSR count). The second kappa shape index (κ2) is 10.0. The lowest BCUT2D eigenvalue weighted by molar-refractivity contribution is 0.0592. The summed E-state index contributed by atoms with van der Waals surface area (Å²) < 4.78 is 17.5. The lowest BCUT2D eigenvalue weighted by Gasteiger charge is -2.26. The molecule has 0 unspecified atom stereocenters. The van der Waals surface area contributed by atoms with Crippen LogP contribution in [-0.2, 0) is 17.7 Å². The maximum atomic E-state index is 12.9. The third-order valence-corrected chi connectivity index (χ3v) is 6.15. The summed E-state index contributed by atoms with van der Waals surface area (Å²) in [6.07, 6.45) is 6.81. The van der Waals surface area contributed by atoms with Crippen molar-refractivity contribution in [3.63, 3.8) is 0 Å². The highest BCUT2D eigenvalue weighted by Gasteiger charge is 2.28. The largest absolute Gasteiger partial charge is 0.491 e. The predicted molar refractivity (Wildman–Crippen MR) is 116 cm³/mol. The molecule has 0 N–H and O–H groups in total. The number of carbonyl (C=O) groups excluding carboxylic acids is 2. The minimum atomic E-state index is -0.545. The van der Waals surface area contributed by atoms with Crippen molar-refractivity contribution in [3.05, 3.63) is 51.8 Å². The number of piperidine rings is 1. The van der Waals surface area contributed by atoms with Crippen LogP contribution in [0.25, 0.3) is 0 Å². The van der Waals surface area contributed by atoms with Crippen molar-refractivity contribution in [1.82, 2.24) is 14.4 Å². The van der Waals surface area contributed by atoms with E-state index in [0.717, 1.165) is 19.6 Å². The lowest BCUT2D eigenvalue weighted by Crippen LogP contribution is -2.34. The Hall–Kier alpha value is -3.07. The van der Waals surface area contributed by atoms with Gasteiger partial charge in [-0.15, -0.1) is 0 Å². The van der Waals surface area contributed by atoms with Crippen molar-refractivity contribution in [3.8, 4) is 5.75 Å². The Morgan fingerprint density at radius 1 is 1.09 bits per heavy atom. The molecule has 2 aliphatic rings. The number of ether oxygens (including phenoxy) is 2. The van der Waals surface area contributed by atoms with E-state index in [-0.39, 0.29) is 29.3 Å². The molecule has 2 aliphatic heterocycles. The number of fused-ring (bicyclic) bond motifs is 1. The van der Waals surface area contributed by atoms with Gasteiger partial charge in [0.2, 0.25) is 0 Å². The van der Waals surface area contributed by atoms with Crippen molar-refractivity contribution in [2.45, 2.75) is 32.2 Å². The van der Waals surface area contributed by atoms with E-state index >= 15 is 0 Å². The molecule has 1 saturated heterocycles. The number of pyridine rings is 1. The normalized spacial score (nSPS) is 16.8. The summed E-state index contributed by atoms with van der Waals surface area (Å²) in [6.45, 7) is 4.22. The molecule has 0 spiro atoms. The highest BCUT2D eigenvalue weighted by atomic mass is 16.5. The molecular formula is C23H29N3O6. The van der Waals surface area contributed by atoms with Crippen LogP contribution in [0.2, 0.25) is 0 Å². The van der Waals surface area contributed by atoms with E-state index in [2.05, 4.69) is 4.90 Å². The van der Waals surface area contributed by atoms with Gasteiger partial charge in [-0.25, -0.2) is 4.79 Å². The summed E-state index contributed by atoms with van der Waals surface area (Å²) in [6, 6.07) is 2.97.